The minimum atomic E-state index is -4.52. The zero-order chi connectivity index (χ0) is 22.9. The van der Waals surface area contributed by atoms with E-state index in [-0.39, 0.29) is 11.4 Å². The van der Waals surface area contributed by atoms with Crippen LogP contribution in [0.3, 0.4) is 0 Å². The first-order chi connectivity index (χ1) is 15.2. The molecule has 0 N–H and O–H groups in total. The fourth-order valence-electron chi connectivity index (χ4n) is 3.64. The summed E-state index contributed by atoms with van der Waals surface area (Å²) < 4.78 is 40.5. The Balaban J connectivity index is 1.58. The van der Waals surface area contributed by atoms with Gasteiger partial charge in [-0.3, -0.25) is 14.6 Å². The summed E-state index contributed by atoms with van der Waals surface area (Å²) in [5, 5.41) is 4.14. The number of nitrogens with zero attached hydrogens (tertiary/aromatic N) is 5. The number of benzene rings is 1. The fraction of sp³-hybridized carbons (Fsp3) is 0.273. The highest BCUT2D eigenvalue weighted by atomic mass is 19.4. The number of halogens is 3. The Labute approximate surface area is 181 Å². The van der Waals surface area contributed by atoms with Gasteiger partial charge in [-0.2, -0.15) is 18.3 Å². The van der Waals surface area contributed by atoms with Crippen molar-refractivity contribution in [2.45, 2.75) is 13.1 Å². The number of pyridine rings is 1. The van der Waals surface area contributed by atoms with Gasteiger partial charge in [-0.25, -0.2) is 4.68 Å². The van der Waals surface area contributed by atoms with Crippen LogP contribution < -0.4 is 10.3 Å². The largest absolute Gasteiger partial charge is 0.416 e. The molecule has 0 aliphatic carbocycles. The summed E-state index contributed by atoms with van der Waals surface area (Å²) in [6, 6.07) is 9.58. The quantitative estimate of drug-likeness (QED) is 0.623. The summed E-state index contributed by atoms with van der Waals surface area (Å²) in [6.45, 7) is 3.47. The molecule has 0 bridgehead atoms. The minimum absolute atomic E-state index is 0.119. The van der Waals surface area contributed by atoms with E-state index in [1.54, 1.807) is 19.3 Å². The van der Waals surface area contributed by atoms with Gasteiger partial charge in [-0.15, -0.1) is 0 Å². The third kappa shape index (κ3) is 4.34. The van der Waals surface area contributed by atoms with E-state index in [1.807, 2.05) is 12.1 Å². The van der Waals surface area contributed by atoms with Crippen molar-refractivity contribution < 1.29 is 18.0 Å². The molecule has 0 atom stereocenters. The van der Waals surface area contributed by atoms with Crippen LogP contribution in [0.2, 0.25) is 0 Å². The molecule has 1 saturated heterocycles. The molecule has 0 spiro atoms. The summed E-state index contributed by atoms with van der Waals surface area (Å²) in [5.41, 5.74) is -0.276. The van der Waals surface area contributed by atoms with Crippen molar-refractivity contribution in [3.05, 3.63) is 82.0 Å². The van der Waals surface area contributed by atoms with Crippen LogP contribution in [0.1, 0.15) is 21.7 Å². The van der Waals surface area contributed by atoms with Crippen LogP contribution >= 0.6 is 0 Å². The van der Waals surface area contributed by atoms with Gasteiger partial charge in [-0.1, -0.05) is 6.07 Å². The average molecular weight is 443 g/mol. The van der Waals surface area contributed by atoms with Gasteiger partial charge in [0.1, 0.15) is 0 Å². The van der Waals surface area contributed by atoms with Gasteiger partial charge in [-0.05, 0) is 37.3 Å². The highest BCUT2D eigenvalue weighted by molar-refractivity contribution is 5.92. The number of amides is 1. The maximum atomic E-state index is 13.1. The summed E-state index contributed by atoms with van der Waals surface area (Å²) in [4.78, 5) is 33.2. The number of hydrogen-bond acceptors (Lipinski definition) is 5. The van der Waals surface area contributed by atoms with E-state index in [0.29, 0.717) is 31.9 Å². The molecule has 1 fully saturated rings. The zero-order valence-corrected chi connectivity index (χ0v) is 17.2. The molecule has 4 rings (SSSR count). The van der Waals surface area contributed by atoms with E-state index in [4.69, 9.17) is 0 Å². The number of carbonyl (C=O) groups is 1. The molecule has 7 nitrogen and oxygen atoms in total. The second-order valence-electron chi connectivity index (χ2n) is 7.44. The molecule has 0 radical (unpaired) electrons. The van der Waals surface area contributed by atoms with Gasteiger partial charge in [0, 0.05) is 56.0 Å². The second kappa shape index (κ2) is 8.45. The summed E-state index contributed by atoms with van der Waals surface area (Å²) >= 11 is 0. The van der Waals surface area contributed by atoms with Crippen LogP contribution in [0.4, 0.5) is 18.9 Å². The first-order valence-corrected chi connectivity index (χ1v) is 9.97. The molecule has 32 heavy (non-hydrogen) atoms. The SMILES string of the molecule is Cc1cc(=O)c(C(=O)N2CCN(c3ccncc3)CC2)nn1-c1cccc(C(F)(F)F)c1. The number of piperazine rings is 1. The molecule has 2 aromatic heterocycles. The monoisotopic (exact) mass is 443 g/mol. The fourth-order valence-corrected chi connectivity index (χ4v) is 3.64. The van der Waals surface area contributed by atoms with Crippen LogP contribution in [-0.4, -0.2) is 51.8 Å². The van der Waals surface area contributed by atoms with Gasteiger partial charge in [0.25, 0.3) is 5.91 Å². The van der Waals surface area contributed by atoms with Gasteiger partial charge < -0.3 is 9.80 Å². The number of carbonyl (C=O) groups excluding carboxylic acids is 1. The lowest BCUT2D eigenvalue weighted by molar-refractivity contribution is -0.137. The first kappa shape index (κ1) is 21.5. The number of aromatic nitrogens is 3. The lowest BCUT2D eigenvalue weighted by atomic mass is 10.2. The van der Waals surface area contributed by atoms with Crippen molar-refractivity contribution in [2.75, 3.05) is 31.1 Å². The molecule has 10 heteroatoms. The minimum Gasteiger partial charge on any atom is -0.368 e. The third-order valence-corrected chi connectivity index (χ3v) is 5.32. The summed E-state index contributed by atoms with van der Waals surface area (Å²) in [5.74, 6) is -0.537. The van der Waals surface area contributed by atoms with E-state index < -0.39 is 23.1 Å². The molecular formula is C22H20F3N5O2. The van der Waals surface area contributed by atoms with Crippen LogP contribution in [0, 0.1) is 6.92 Å². The number of hydrogen-bond donors (Lipinski definition) is 0. The van der Waals surface area contributed by atoms with Crippen molar-refractivity contribution >= 4 is 11.6 Å². The Morgan fingerprint density at radius 2 is 1.66 bits per heavy atom. The Bertz CT molecular complexity index is 1190. The van der Waals surface area contributed by atoms with Gasteiger partial charge in [0.15, 0.2) is 5.69 Å². The standard InChI is InChI=1S/C22H20F3N5O2/c1-15-13-19(31)20(27-30(15)18-4-2-3-16(14-18)22(23,24)25)21(32)29-11-9-28(10-12-29)17-5-7-26-8-6-17/h2-8,13-14H,9-12H2,1H3. The highest BCUT2D eigenvalue weighted by Gasteiger charge is 2.31. The van der Waals surface area contributed by atoms with Crippen LogP contribution in [-0.2, 0) is 6.18 Å². The highest BCUT2D eigenvalue weighted by Crippen LogP contribution is 2.30. The maximum Gasteiger partial charge on any atom is 0.416 e. The van der Waals surface area contributed by atoms with E-state index in [2.05, 4.69) is 15.0 Å². The third-order valence-electron chi connectivity index (χ3n) is 5.32. The normalized spacial score (nSPS) is 14.5. The smallest absolute Gasteiger partial charge is 0.368 e. The van der Waals surface area contributed by atoms with Crippen LogP contribution in [0.25, 0.3) is 5.69 Å². The van der Waals surface area contributed by atoms with E-state index >= 15 is 0 Å². The Hall–Kier alpha value is -3.69. The summed E-state index contributed by atoms with van der Waals surface area (Å²) in [6.07, 6.45) is -1.13. The molecule has 3 heterocycles. The molecule has 3 aromatic rings. The Kier molecular flexibility index (Phi) is 5.68. The van der Waals surface area contributed by atoms with Crippen molar-refractivity contribution in [3.63, 3.8) is 0 Å². The van der Waals surface area contributed by atoms with Gasteiger partial charge in [0.2, 0.25) is 5.43 Å². The predicted octanol–water partition coefficient (Wildman–Crippen LogP) is 2.92. The lowest BCUT2D eigenvalue weighted by Crippen LogP contribution is -2.50. The van der Waals surface area contributed by atoms with Gasteiger partial charge in [0.05, 0.1) is 11.3 Å². The van der Waals surface area contributed by atoms with Crippen LogP contribution in [0.5, 0.6) is 0 Å². The molecular weight excluding hydrogens is 423 g/mol. The molecule has 1 aliphatic rings. The lowest BCUT2D eigenvalue weighted by Gasteiger charge is -2.35. The second-order valence-corrected chi connectivity index (χ2v) is 7.44. The maximum absolute atomic E-state index is 13.1. The topological polar surface area (TPSA) is 71.3 Å². The molecule has 166 valence electrons. The molecule has 0 saturated carbocycles. The van der Waals surface area contributed by atoms with E-state index in [0.717, 1.165) is 17.8 Å². The average Bonchev–Trinajstić information content (AvgIpc) is 2.79. The molecule has 1 amide bonds. The Morgan fingerprint density at radius 3 is 2.31 bits per heavy atom. The van der Waals surface area contributed by atoms with Crippen molar-refractivity contribution in [2.24, 2.45) is 0 Å². The Morgan fingerprint density at radius 1 is 0.969 bits per heavy atom. The van der Waals surface area contributed by atoms with Gasteiger partial charge >= 0.3 is 6.18 Å². The molecule has 0 unspecified atom stereocenters. The van der Waals surface area contributed by atoms with Crippen molar-refractivity contribution in [3.8, 4) is 5.69 Å². The van der Waals surface area contributed by atoms with Crippen LogP contribution in [0.15, 0.2) is 59.7 Å². The number of rotatable bonds is 3. The first-order valence-electron chi connectivity index (χ1n) is 9.97. The number of aryl methyl sites for hydroxylation is 1. The van der Waals surface area contributed by atoms with Crippen molar-refractivity contribution in [1.29, 1.82) is 0 Å². The van der Waals surface area contributed by atoms with Crippen molar-refractivity contribution in [1.82, 2.24) is 19.7 Å². The van der Waals surface area contributed by atoms with E-state index in [9.17, 15) is 22.8 Å². The number of anilines is 1. The molecule has 1 aromatic carbocycles. The number of alkyl halides is 3. The zero-order valence-electron chi connectivity index (χ0n) is 17.2. The summed E-state index contributed by atoms with van der Waals surface area (Å²) in [7, 11) is 0. The van der Waals surface area contributed by atoms with E-state index in [1.165, 1.54) is 27.8 Å². The predicted molar refractivity (Wildman–Crippen MR) is 112 cm³/mol. The molecule has 1 aliphatic heterocycles.